The van der Waals surface area contributed by atoms with Crippen molar-refractivity contribution in [2.45, 2.75) is 35.7 Å². The van der Waals surface area contributed by atoms with E-state index in [9.17, 15) is 15.3 Å². The largest absolute Gasteiger partial charge is 0.482 e. The Morgan fingerprint density at radius 1 is 1.26 bits per heavy atom. The fourth-order valence-electron chi connectivity index (χ4n) is 2.61. The molecule has 1 aliphatic rings. The summed E-state index contributed by atoms with van der Waals surface area (Å²) < 4.78 is 15.7. The summed E-state index contributed by atoms with van der Waals surface area (Å²) in [7, 11) is 0. The molecular formula is C14H15BrClNO6. The Kier molecular flexibility index (Phi) is 5.12. The number of fused-ring (bicyclic) bond motifs is 1. The number of para-hydroxylation sites is 1. The first-order chi connectivity index (χ1) is 11.0. The molecule has 0 bridgehead atoms. The van der Waals surface area contributed by atoms with Crippen molar-refractivity contribution in [2.75, 3.05) is 0 Å². The van der Waals surface area contributed by atoms with Crippen LogP contribution in [0, 0.1) is 0 Å². The third kappa shape index (κ3) is 3.20. The Labute approximate surface area is 145 Å². The summed E-state index contributed by atoms with van der Waals surface area (Å²) >= 11 is 8.44. The molecule has 7 nitrogen and oxygen atoms in total. The van der Waals surface area contributed by atoms with E-state index in [0.29, 0.717) is 5.75 Å². The first-order valence-corrected chi connectivity index (χ1v) is 8.09. The molecule has 2 heterocycles. The molecule has 0 aliphatic carbocycles. The Morgan fingerprint density at radius 2 is 2.00 bits per heavy atom. The fourth-order valence-corrected chi connectivity index (χ4v) is 3.24. The van der Waals surface area contributed by atoms with Gasteiger partial charge in [0, 0.05) is 17.1 Å². The van der Waals surface area contributed by atoms with Crippen molar-refractivity contribution in [3.8, 4) is 5.75 Å². The lowest BCUT2D eigenvalue weighted by molar-refractivity contribution is -0.279. The minimum atomic E-state index is -1.55. The average Bonchev–Trinajstić information content (AvgIpc) is 2.94. The van der Waals surface area contributed by atoms with Crippen LogP contribution in [0.5, 0.6) is 5.75 Å². The normalized spacial score (nSPS) is 32.8. The van der Waals surface area contributed by atoms with E-state index in [4.69, 9.17) is 25.6 Å². The lowest BCUT2D eigenvalue weighted by atomic mass is 9.99. The van der Waals surface area contributed by atoms with E-state index in [-0.39, 0.29) is 0 Å². The summed E-state index contributed by atoms with van der Waals surface area (Å²) in [4.78, 5) is 3.04. The molecule has 0 saturated carbocycles. The molecule has 23 heavy (non-hydrogen) atoms. The highest BCUT2D eigenvalue weighted by molar-refractivity contribution is 9.09. The summed E-state index contributed by atoms with van der Waals surface area (Å²) in [6, 6.07) is 7.44. The second kappa shape index (κ2) is 6.94. The molecular weight excluding hydrogens is 394 g/mol. The second-order valence-electron chi connectivity index (χ2n) is 5.19. The number of H-pyrrole nitrogens is 1. The zero-order valence-corrected chi connectivity index (χ0v) is 14.0. The molecule has 126 valence electrons. The number of ether oxygens (including phenoxy) is 2. The van der Waals surface area contributed by atoms with Gasteiger partial charge in [0.2, 0.25) is 0 Å². The van der Waals surface area contributed by atoms with Gasteiger partial charge in [0.1, 0.15) is 29.1 Å². The summed E-state index contributed by atoms with van der Waals surface area (Å²) in [5.74, 6) is 0.459. The summed E-state index contributed by atoms with van der Waals surface area (Å²) in [5.41, 5.74) is 0.852. The quantitative estimate of drug-likeness (QED) is 0.568. The number of rotatable bonds is 4. The second-order valence-corrected chi connectivity index (χ2v) is 6.31. The Hall–Kier alpha value is -0.870. The third-order valence-corrected chi connectivity index (χ3v) is 4.49. The van der Waals surface area contributed by atoms with Gasteiger partial charge in [0.15, 0.2) is 12.4 Å². The van der Waals surface area contributed by atoms with E-state index < -0.39 is 35.7 Å². The predicted molar refractivity (Wildman–Crippen MR) is 85.3 cm³/mol. The van der Waals surface area contributed by atoms with Gasteiger partial charge in [-0.2, -0.15) is 0 Å². The minimum Gasteiger partial charge on any atom is -0.482 e. The van der Waals surface area contributed by atoms with Gasteiger partial charge >= 0.3 is 0 Å². The number of hydrogen-bond acceptors (Lipinski definition) is 6. The molecule has 6 atom stereocenters. The van der Waals surface area contributed by atoms with Crippen LogP contribution < -0.4 is 4.74 Å². The monoisotopic (exact) mass is 407 g/mol. The van der Waals surface area contributed by atoms with E-state index in [1.54, 1.807) is 6.20 Å². The van der Waals surface area contributed by atoms with Crippen molar-refractivity contribution in [3.63, 3.8) is 0 Å². The highest BCUT2D eigenvalue weighted by atomic mass is 79.9. The van der Waals surface area contributed by atoms with Gasteiger partial charge in [-0.25, -0.2) is 0 Å². The topological polar surface area (TPSA) is 104 Å². The predicted octanol–water partition coefficient (Wildman–Crippen LogP) is 1.25. The maximum atomic E-state index is 10.2. The van der Waals surface area contributed by atoms with E-state index in [2.05, 4.69) is 20.9 Å². The molecule has 1 fully saturated rings. The van der Waals surface area contributed by atoms with Crippen LogP contribution in [0.15, 0.2) is 30.5 Å². The number of aliphatic hydroxyl groups excluding tert-OH is 3. The number of benzene rings is 1. The van der Waals surface area contributed by atoms with Crippen molar-refractivity contribution in [3.05, 3.63) is 30.5 Å². The van der Waals surface area contributed by atoms with Crippen molar-refractivity contribution >= 4 is 38.7 Å². The van der Waals surface area contributed by atoms with Crippen molar-refractivity contribution in [1.29, 1.82) is 0 Å². The lowest BCUT2D eigenvalue weighted by Crippen LogP contribution is -2.62. The molecule has 2 aromatic rings. The highest BCUT2D eigenvalue weighted by Crippen LogP contribution is 2.33. The first kappa shape index (κ1) is 17.0. The van der Waals surface area contributed by atoms with Gasteiger partial charge in [0.25, 0.3) is 0 Å². The SMILES string of the molecule is OC(Br)[C@H]1O[C@@H](O)[C@H](O)[C@@H](Oc2c[nH]c3ccccc23)[C@H]1OCl. The van der Waals surface area contributed by atoms with Gasteiger partial charge in [0.05, 0.1) is 11.9 Å². The van der Waals surface area contributed by atoms with E-state index in [0.717, 1.165) is 10.9 Å². The molecule has 3 rings (SSSR count). The third-order valence-electron chi connectivity index (χ3n) is 3.76. The standard InChI is InChI=1S/C14H15BrClNO6/c15-13(19)12-11(23-16)10(9(18)14(20)22-12)21-8-5-17-7-4-2-1-3-6(7)8/h1-5,9-14,17-20H/t9-,10-,11-,12+,13?,14-/m1/s1. The van der Waals surface area contributed by atoms with Crippen LogP contribution in [-0.4, -0.2) is 56.0 Å². The first-order valence-electron chi connectivity index (χ1n) is 6.87. The van der Waals surface area contributed by atoms with Gasteiger partial charge < -0.3 is 29.8 Å². The molecule has 4 N–H and O–H groups in total. The minimum absolute atomic E-state index is 0.459. The fraction of sp³-hybridized carbons (Fsp3) is 0.429. The number of nitrogens with one attached hydrogen (secondary N) is 1. The smallest absolute Gasteiger partial charge is 0.185 e. The molecule has 1 aromatic carbocycles. The van der Waals surface area contributed by atoms with Gasteiger partial charge in [-0.15, -0.1) is 0 Å². The Bertz CT molecular complexity index is 668. The summed E-state index contributed by atoms with van der Waals surface area (Å²) in [6.45, 7) is 0. The van der Waals surface area contributed by atoms with Crippen LogP contribution >= 0.6 is 27.8 Å². The molecule has 9 heteroatoms. The molecule has 0 radical (unpaired) electrons. The number of aliphatic hydroxyl groups is 3. The van der Waals surface area contributed by atoms with Crippen LogP contribution in [0.25, 0.3) is 10.9 Å². The Balaban J connectivity index is 1.91. The van der Waals surface area contributed by atoms with E-state index in [1.165, 1.54) is 0 Å². The van der Waals surface area contributed by atoms with Gasteiger partial charge in [-0.1, -0.05) is 28.1 Å². The van der Waals surface area contributed by atoms with Crippen LogP contribution in [0.1, 0.15) is 0 Å². The molecule has 0 spiro atoms. The highest BCUT2D eigenvalue weighted by Gasteiger charge is 2.49. The van der Waals surface area contributed by atoms with Crippen LogP contribution in [0.4, 0.5) is 0 Å². The molecule has 1 aliphatic heterocycles. The van der Waals surface area contributed by atoms with Gasteiger partial charge in [-0.05, 0) is 12.1 Å². The van der Waals surface area contributed by atoms with Crippen molar-refractivity contribution in [1.82, 2.24) is 4.98 Å². The maximum absolute atomic E-state index is 10.2. The number of aromatic nitrogens is 1. The van der Waals surface area contributed by atoms with E-state index >= 15 is 0 Å². The number of halogens is 2. The maximum Gasteiger partial charge on any atom is 0.185 e. The number of hydrogen-bond donors (Lipinski definition) is 4. The summed E-state index contributed by atoms with van der Waals surface area (Å²) in [5, 5.41) is 29.3. The van der Waals surface area contributed by atoms with Crippen LogP contribution in [-0.2, 0) is 9.03 Å². The van der Waals surface area contributed by atoms with Crippen LogP contribution in [0.3, 0.4) is 0 Å². The van der Waals surface area contributed by atoms with Crippen molar-refractivity contribution in [2.24, 2.45) is 0 Å². The molecule has 1 saturated heterocycles. The summed E-state index contributed by atoms with van der Waals surface area (Å²) in [6.07, 6.45) is -4.42. The van der Waals surface area contributed by atoms with Crippen molar-refractivity contribution < 1.29 is 29.1 Å². The zero-order chi connectivity index (χ0) is 16.6. The molecule has 0 amide bonds. The number of aromatic amines is 1. The van der Waals surface area contributed by atoms with Crippen LogP contribution in [0.2, 0.25) is 0 Å². The van der Waals surface area contributed by atoms with Gasteiger partial charge in [-0.3, -0.25) is 4.29 Å². The molecule has 1 unspecified atom stereocenters. The lowest BCUT2D eigenvalue weighted by Gasteiger charge is -2.41. The Morgan fingerprint density at radius 3 is 2.70 bits per heavy atom. The molecule has 1 aromatic heterocycles. The van der Waals surface area contributed by atoms with E-state index in [1.807, 2.05) is 24.3 Å². The average molecular weight is 409 g/mol. The zero-order valence-electron chi connectivity index (χ0n) is 11.7. The number of alkyl halides is 1.